The van der Waals surface area contributed by atoms with Crippen LogP contribution in [0.25, 0.3) is 22.1 Å². The average Bonchev–Trinajstić information content (AvgIpc) is 3.60. The number of para-hydroxylation sites is 1. The first-order chi connectivity index (χ1) is 19.4. The molecule has 6 rings (SSSR count). The molecule has 2 atom stereocenters. The Morgan fingerprint density at radius 2 is 1.98 bits per heavy atom. The topological polar surface area (TPSA) is 119 Å². The normalized spacial score (nSPS) is 15.2. The van der Waals surface area contributed by atoms with Gasteiger partial charge in [0.05, 0.1) is 21.7 Å². The number of nitrogens with one attached hydrogen (secondary N) is 2. The number of carbonyl (C=O) groups is 1. The van der Waals surface area contributed by atoms with Crippen molar-refractivity contribution >= 4 is 39.9 Å². The third kappa shape index (κ3) is 4.57. The summed E-state index contributed by atoms with van der Waals surface area (Å²) in [6, 6.07) is 16.3. The number of hydrogen-bond donors (Lipinski definition) is 3. The maximum atomic E-state index is 14.2. The number of nitrogens with two attached hydrogens (primary N) is 1. The molecule has 2 aromatic carbocycles. The Bertz CT molecular complexity index is 1930. The number of benzene rings is 2. The maximum absolute atomic E-state index is 14.2. The van der Waals surface area contributed by atoms with Crippen LogP contribution in [0.2, 0.25) is 0 Å². The van der Waals surface area contributed by atoms with E-state index in [-0.39, 0.29) is 22.3 Å². The Morgan fingerprint density at radius 3 is 2.75 bits per heavy atom. The van der Waals surface area contributed by atoms with Gasteiger partial charge in [-0.05, 0) is 43.5 Å². The van der Waals surface area contributed by atoms with Gasteiger partial charge in [0.25, 0.3) is 11.5 Å². The molecule has 0 fully saturated rings. The molecule has 10 heteroatoms. The molecule has 0 aliphatic carbocycles. The number of rotatable bonds is 4. The van der Waals surface area contributed by atoms with Crippen molar-refractivity contribution in [2.24, 2.45) is 0 Å². The summed E-state index contributed by atoms with van der Waals surface area (Å²) in [6.07, 6.45) is 6.67. The maximum Gasteiger partial charge on any atom is 0.264 e. The van der Waals surface area contributed by atoms with E-state index in [0.29, 0.717) is 28.0 Å². The number of hydrogen-bond acceptors (Lipinski definition) is 7. The Hall–Kier alpha value is -5.01. The molecule has 5 aromatic rings. The van der Waals surface area contributed by atoms with Crippen LogP contribution >= 0.6 is 11.8 Å². The van der Waals surface area contributed by atoms with Crippen molar-refractivity contribution in [2.75, 3.05) is 5.73 Å². The monoisotopic (exact) mass is 547 g/mol. The second-order valence-electron chi connectivity index (χ2n) is 9.36. The van der Waals surface area contributed by atoms with Crippen LogP contribution in [-0.2, 0) is 0 Å². The summed E-state index contributed by atoms with van der Waals surface area (Å²) in [4.78, 5) is 36.9. The lowest BCUT2D eigenvalue weighted by atomic mass is 10.0. The molecule has 0 radical (unpaired) electrons. The van der Waals surface area contributed by atoms with Crippen molar-refractivity contribution in [1.29, 1.82) is 0 Å². The minimum atomic E-state index is -0.568. The minimum Gasteiger partial charge on any atom is -0.383 e. The molecule has 0 saturated heterocycles. The standard InChI is InChI=1S/C30H25N7O2S/c1-18(35-29(38)26-27(31)34-17-36-14-13-32-28(26)36)24-15-21-8-6-7-20(11-12-23-16-33-19(2)40-23)25(21)30(39)37(24)22-9-4-3-5-10-22/h3-10,13-19,33H,31H2,1-2H3,(H,35,38). The molecule has 0 spiro atoms. The summed E-state index contributed by atoms with van der Waals surface area (Å²) in [7, 11) is 0. The number of fused-ring (bicyclic) bond motifs is 2. The highest BCUT2D eigenvalue weighted by atomic mass is 32.2. The summed E-state index contributed by atoms with van der Waals surface area (Å²) in [5.41, 5.74) is 8.36. The van der Waals surface area contributed by atoms with Gasteiger partial charge in [-0.15, -0.1) is 0 Å². The van der Waals surface area contributed by atoms with Crippen molar-refractivity contribution in [1.82, 2.24) is 29.6 Å². The van der Waals surface area contributed by atoms with Crippen LogP contribution in [0.5, 0.6) is 0 Å². The third-order valence-electron chi connectivity index (χ3n) is 6.65. The highest BCUT2D eigenvalue weighted by Crippen LogP contribution is 2.26. The minimum absolute atomic E-state index is 0.0747. The predicted octanol–water partition coefficient (Wildman–Crippen LogP) is 3.98. The molecule has 198 valence electrons. The molecule has 0 saturated carbocycles. The Balaban J connectivity index is 1.47. The molecule has 4 heterocycles. The van der Waals surface area contributed by atoms with Gasteiger partial charge in [0.1, 0.15) is 17.7 Å². The van der Waals surface area contributed by atoms with Crippen LogP contribution in [0.1, 0.15) is 41.5 Å². The van der Waals surface area contributed by atoms with Gasteiger partial charge in [0, 0.05) is 35.5 Å². The van der Waals surface area contributed by atoms with Crippen LogP contribution < -0.4 is 21.9 Å². The van der Waals surface area contributed by atoms with Gasteiger partial charge in [0.2, 0.25) is 0 Å². The Labute approximate surface area is 234 Å². The van der Waals surface area contributed by atoms with Gasteiger partial charge in [-0.3, -0.25) is 18.6 Å². The van der Waals surface area contributed by atoms with Crippen LogP contribution in [0.3, 0.4) is 0 Å². The lowest BCUT2D eigenvalue weighted by Gasteiger charge is -2.21. The first-order valence-corrected chi connectivity index (χ1v) is 13.6. The van der Waals surface area contributed by atoms with E-state index in [0.717, 1.165) is 10.3 Å². The van der Waals surface area contributed by atoms with Crippen molar-refractivity contribution in [3.05, 3.63) is 112 Å². The van der Waals surface area contributed by atoms with E-state index >= 15 is 0 Å². The van der Waals surface area contributed by atoms with E-state index in [1.54, 1.807) is 33.1 Å². The lowest BCUT2D eigenvalue weighted by Crippen LogP contribution is -2.33. The van der Waals surface area contributed by atoms with Crippen LogP contribution in [0.15, 0.2) is 89.2 Å². The number of amides is 1. The van der Waals surface area contributed by atoms with Gasteiger partial charge in [-0.1, -0.05) is 53.9 Å². The zero-order valence-corrected chi connectivity index (χ0v) is 22.6. The molecule has 1 amide bonds. The van der Waals surface area contributed by atoms with Gasteiger partial charge in [0.15, 0.2) is 5.65 Å². The SMILES string of the molecule is CC1NC=C(C#Cc2cccc3cc(C(C)NC(=O)c4c(N)ncn5ccnc45)n(-c4ccccc4)c(=O)c23)S1. The number of nitrogen functional groups attached to an aromatic ring is 1. The van der Waals surface area contributed by atoms with E-state index < -0.39 is 11.9 Å². The summed E-state index contributed by atoms with van der Waals surface area (Å²) in [5, 5.41) is 7.74. The fourth-order valence-corrected chi connectivity index (χ4v) is 5.52. The largest absolute Gasteiger partial charge is 0.383 e. The van der Waals surface area contributed by atoms with Crippen molar-refractivity contribution < 1.29 is 4.79 Å². The average molecular weight is 548 g/mol. The van der Waals surface area contributed by atoms with Crippen LogP contribution in [0.4, 0.5) is 5.82 Å². The lowest BCUT2D eigenvalue weighted by molar-refractivity contribution is 0.0940. The van der Waals surface area contributed by atoms with E-state index in [9.17, 15) is 9.59 Å². The molecular formula is C30H25N7O2S. The fraction of sp³-hybridized carbons (Fsp3) is 0.133. The molecule has 1 aliphatic heterocycles. The predicted molar refractivity (Wildman–Crippen MR) is 158 cm³/mol. The van der Waals surface area contributed by atoms with Crippen molar-refractivity contribution in [3.63, 3.8) is 0 Å². The molecule has 40 heavy (non-hydrogen) atoms. The van der Waals surface area contributed by atoms with E-state index in [2.05, 4.69) is 39.4 Å². The number of anilines is 1. The first kappa shape index (κ1) is 25.3. The van der Waals surface area contributed by atoms with Crippen molar-refractivity contribution in [2.45, 2.75) is 25.3 Å². The number of carbonyl (C=O) groups excluding carboxylic acids is 1. The number of pyridine rings is 1. The molecule has 4 N–H and O–H groups in total. The van der Waals surface area contributed by atoms with Crippen LogP contribution in [-0.4, -0.2) is 30.2 Å². The first-order valence-electron chi connectivity index (χ1n) is 12.7. The number of aromatic nitrogens is 4. The Morgan fingerprint density at radius 1 is 1.15 bits per heavy atom. The third-order valence-corrected chi connectivity index (χ3v) is 7.61. The molecular weight excluding hydrogens is 522 g/mol. The zero-order valence-electron chi connectivity index (χ0n) is 21.8. The molecule has 2 unspecified atom stereocenters. The summed E-state index contributed by atoms with van der Waals surface area (Å²) in [6.45, 7) is 3.89. The van der Waals surface area contributed by atoms with Gasteiger partial charge < -0.3 is 16.4 Å². The number of thioether (sulfide) groups is 1. The number of nitrogens with zero attached hydrogens (tertiary/aromatic N) is 4. The number of imidazole rings is 1. The zero-order chi connectivity index (χ0) is 27.8. The fourth-order valence-electron chi connectivity index (χ4n) is 4.76. The second kappa shape index (κ2) is 10.3. The summed E-state index contributed by atoms with van der Waals surface area (Å²) >= 11 is 1.64. The summed E-state index contributed by atoms with van der Waals surface area (Å²) < 4.78 is 3.26. The quantitative estimate of drug-likeness (QED) is 0.291. The highest BCUT2D eigenvalue weighted by molar-refractivity contribution is 8.04. The second-order valence-corrected chi connectivity index (χ2v) is 10.7. The van der Waals surface area contributed by atoms with Gasteiger partial charge in [-0.2, -0.15) is 0 Å². The smallest absolute Gasteiger partial charge is 0.264 e. The van der Waals surface area contributed by atoms with Crippen LogP contribution in [0, 0.1) is 11.8 Å². The van der Waals surface area contributed by atoms with E-state index in [1.807, 2.05) is 67.7 Å². The molecule has 3 aromatic heterocycles. The number of allylic oxidation sites excluding steroid dienone is 1. The van der Waals surface area contributed by atoms with E-state index in [1.165, 1.54) is 6.33 Å². The van der Waals surface area contributed by atoms with Gasteiger partial charge in [-0.25, -0.2) is 9.97 Å². The molecule has 1 aliphatic rings. The molecule has 0 bridgehead atoms. The highest BCUT2D eigenvalue weighted by Gasteiger charge is 2.23. The molecule has 9 nitrogen and oxygen atoms in total. The Kier molecular flexibility index (Phi) is 6.50. The summed E-state index contributed by atoms with van der Waals surface area (Å²) in [5.74, 6) is 6.02. The van der Waals surface area contributed by atoms with E-state index in [4.69, 9.17) is 5.73 Å². The van der Waals surface area contributed by atoms with Gasteiger partial charge >= 0.3 is 0 Å². The van der Waals surface area contributed by atoms with Crippen molar-refractivity contribution in [3.8, 4) is 17.5 Å².